The van der Waals surface area contributed by atoms with Gasteiger partial charge in [0.1, 0.15) is 0 Å². The molecule has 2 aromatic rings. The Hall–Kier alpha value is -1.77. The summed E-state index contributed by atoms with van der Waals surface area (Å²) in [5, 5.41) is 7.00. The summed E-state index contributed by atoms with van der Waals surface area (Å²) in [7, 11) is -1.67. The van der Waals surface area contributed by atoms with Crippen molar-refractivity contribution in [2.75, 3.05) is 13.6 Å². The lowest BCUT2D eigenvalue weighted by molar-refractivity contribution is 0.371. The number of likely N-dealkylation sites (N-methyl/N-ethyl adjacent to an activating group) is 1. The summed E-state index contributed by atoms with van der Waals surface area (Å²) in [6, 6.07) is 7.18. The summed E-state index contributed by atoms with van der Waals surface area (Å²) in [6.45, 7) is 6.36. The second-order valence-electron chi connectivity index (χ2n) is 6.37. The fraction of sp³-hybridized carbons (Fsp3) is 0.529. The quantitative estimate of drug-likeness (QED) is 0.703. The summed E-state index contributed by atoms with van der Waals surface area (Å²) >= 11 is 0. The van der Waals surface area contributed by atoms with Crippen molar-refractivity contribution in [3.63, 3.8) is 0 Å². The van der Waals surface area contributed by atoms with Crippen molar-refractivity contribution < 1.29 is 12.9 Å². The van der Waals surface area contributed by atoms with Crippen LogP contribution < -0.4 is 10.0 Å². The third kappa shape index (κ3) is 5.62. The number of nitrogens with one attached hydrogen (secondary N) is 2. The van der Waals surface area contributed by atoms with Crippen molar-refractivity contribution in [2.24, 2.45) is 0 Å². The van der Waals surface area contributed by atoms with E-state index in [2.05, 4.69) is 34.0 Å². The van der Waals surface area contributed by atoms with Crippen LogP contribution in [0.25, 0.3) is 0 Å². The van der Waals surface area contributed by atoms with Gasteiger partial charge in [-0.3, -0.25) is 0 Å². The van der Waals surface area contributed by atoms with Crippen LogP contribution >= 0.6 is 0 Å². The minimum absolute atomic E-state index is 0.206. The molecule has 0 bridgehead atoms. The Labute approximate surface area is 149 Å². The molecule has 1 aromatic heterocycles. The Kier molecular flexibility index (Phi) is 6.69. The molecule has 0 aliphatic carbocycles. The zero-order valence-corrected chi connectivity index (χ0v) is 15.9. The first kappa shape index (κ1) is 19.6. The van der Waals surface area contributed by atoms with Crippen LogP contribution in [0.2, 0.25) is 0 Å². The van der Waals surface area contributed by atoms with Gasteiger partial charge in [0.2, 0.25) is 15.9 Å². The largest absolute Gasteiger partial charge is 0.339 e. The van der Waals surface area contributed by atoms with Crippen LogP contribution in [0.15, 0.2) is 33.7 Å². The van der Waals surface area contributed by atoms with Crippen molar-refractivity contribution in [3.8, 4) is 0 Å². The van der Waals surface area contributed by atoms with Crippen molar-refractivity contribution in [1.29, 1.82) is 0 Å². The summed E-state index contributed by atoms with van der Waals surface area (Å²) in [5.74, 6) is 1.40. The van der Waals surface area contributed by atoms with Gasteiger partial charge in [-0.15, -0.1) is 0 Å². The smallest absolute Gasteiger partial charge is 0.240 e. The van der Waals surface area contributed by atoms with E-state index < -0.39 is 10.0 Å². The maximum atomic E-state index is 12.3. The van der Waals surface area contributed by atoms with Gasteiger partial charge in [-0.05, 0) is 37.6 Å². The molecular weight excluding hydrogens is 340 g/mol. The van der Waals surface area contributed by atoms with E-state index in [1.54, 1.807) is 12.1 Å². The minimum atomic E-state index is -3.54. The standard InChI is InChI=1S/C17H26N4O3S/c1-12(2)14-5-7-15(8-6-14)25(22,23)19-10-9-17-20-16(21-24-17)11-13(3)18-4/h5-8,12-13,18-19H,9-11H2,1-4H3. The SMILES string of the molecule is CNC(C)Cc1noc(CCNS(=O)(=O)c2ccc(C(C)C)cc2)n1. The van der Waals surface area contributed by atoms with Gasteiger partial charge in [-0.2, -0.15) is 4.98 Å². The highest BCUT2D eigenvalue weighted by atomic mass is 32.2. The summed E-state index contributed by atoms with van der Waals surface area (Å²) in [4.78, 5) is 4.52. The Morgan fingerprint density at radius 1 is 1.16 bits per heavy atom. The van der Waals surface area contributed by atoms with Crippen LogP contribution in [0.5, 0.6) is 0 Å². The van der Waals surface area contributed by atoms with E-state index in [4.69, 9.17) is 4.52 Å². The predicted octanol–water partition coefficient (Wildman–Crippen LogP) is 1.86. The predicted molar refractivity (Wildman–Crippen MR) is 95.9 cm³/mol. The molecule has 0 amide bonds. The lowest BCUT2D eigenvalue weighted by Crippen LogP contribution is -2.26. The van der Waals surface area contributed by atoms with E-state index in [9.17, 15) is 8.42 Å². The minimum Gasteiger partial charge on any atom is -0.339 e. The fourth-order valence-electron chi connectivity index (χ4n) is 2.26. The molecule has 1 heterocycles. The monoisotopic (exact) mass is 366 g/mol. The van der Waals surface area contributed by atoms with Crippen LogP contribution in [-0.4, -0.2) is 38.2 Å². The number of benzene rings is 1. The molecule has 25 heavy (non-hydrogen) atoms. The molecule has 1 aromatic carbocycles. The molecule has 2 rings (SSSR count). The molecule has 138 valence electrons. The molecular formula is C17H26N4O3S. The van der Waals surface area contributed by atoms with E-state index in [1.807, 2.05) is 26.1 Å². The number of rotatable bonds is 9. The summed E-state index contributed by atoms with van der Waals surface area (Å²) in [6.07, 6.45) is 1.01. The molecule has 8 heteroatoms. The lowest BCUT2D eigenvalue weighted by atomic mass is 10.0. The van der Waals surface area contributed by atoms with Crippen molar-refractivity contribution in [2.45, 2.75) is 50.5 Å². The first-order valence-electron chi connectivity index (χ1n) is 8.40. The molecule has 0 aliphatic heterocycles. The number of nitrogens with zero attached hydrogens (tertiary/aromatic N) is 2. The first-order valence-corrected chi connectivity index (χ1v) is 9.88. The second-order valence-corrected chi connectivity index (χ2v) is 8.14. The third-order valence-electron chi connectivity index (χ3n) is 3.98. The molecule has 0 fully saturated rings. The molecule has 0 saturated heterocycles. The number of aromatic nitrogens is 2. The lowest BCUT2D eigenvalue weighted by Gasteiger charge is -2.08. The van der Waals surface area contributed by atoms with Crippen LogP contribution in [0, 0.1) is 0 Å². The first-order chi connectivity index (χ1) is 11.8. The Balaban J connectivity index is 1.90. The summed E-state index contributed by atoms with van der Waals surface area (Å²) < 4.78 is 32.3. The molecule has 0 aliphatic rings. The van der Waals surface area contributed by atoms with Gasteiger partial charge in [0.25, 0.3) is 0 Å². The van der Waals surface area contributed by atoms with Crippen LogP contribution in [0.3, 0.4) is 0 Å². The average molecular weight is 366 g/mol. The third-order valence-corrected chi connectivity index (χ3v) is 5.46. The van der Waals surface area contributed by atoms with Gasteiger partial charge in [0.05, 0.1) is 4.90 Å². The van der Waals surface area contributed by atoms with E-state index >= 15 is 0 Å². The molecule has 7 nitrogen and oxygen atoms in total. The second kappa shape index (κ2) is 8.55. The van der Waals surface area contributed by atoms with Crippen LogP contribution in [0.4, 0.5) is 0 Å². The molecule has 1 atom stereocenters. The van der Waals surface area contributed by atoms with Crippen molar-refractivity contribution in [3.05, 3.63) is 41.5 Å². The number of hydrogen-bond donors (Lipinski definition) is 2. The van der Waals surface area contributed by atoms with Gasteiger partial charge >= 0.3 is 0 Å². The van der Waals surface area contributed by atoms with Gasteiger partial charge in [0, 0.05) is 25.4 Å². The normalized spacial score (nSPS) is 13.3. The number of sulfonamides is 1. The van der Waals surface area contributed by atoms with E-state index in [0.717, 1.165) is 5.56 Å². The van der Waals surface area contributed by atoms with E-state index in [1.165, 1.54) is 0 Å². The Morgan fingerprint density at radius 3 is 2.44 bits per heavy atom. The highest BCUT2D eigenvalue weighted by Crippen LogP contribution is 2.17. The molecule has 0 saturated carbocycles. The van der Waals surface area contributed by atoms with Crippen molar-refractivity contribution >= 4 is 10.0 Å². The zero-order chi connectivity index (χ0) is 18.4. The maximum Gasteiger partial charge on any atom is 0.240 e. The highest BCUT2D eigenvalue weighted by Gasteiger charge is 2.15. The van der Waals surface area contributed by atoms with Gasteiger partial charge in [-0.25, -0.2) is 13.1 Å². The van der Waals surface area contributed by atoms with Gasteiger partial charge in [0.15, 0.2) is 5.82 Å². The average Bonchev–Trinajstić information content (AvgIpc) is 3.01. The van der Waals surface area contributed by atoms with E-state index in [-0.39, 0.29) is 17.5 Å². The number of hydrogen-bond acceptors (Lipinski definition) is 6. The van der Waals surface area contributed by atoms with Gasteiger partial charge < -0.3 is 9.84 Å². The Bertz CT molecular complexity index is 769. The molecule has 0 spiro atoms. The zero-order valence-electron chi connectivity index (χ0n) is 15.1. The van der Waals surface area contributed by atoms with Crippen molar-refractivity contribution in [1.82, 2.24) is 20.2 Å². The van der Waals surface area contributed by atoms with Crippen LogP contribution in [0.1, 0.15) is 44.0 Å². The van der Waals surface area contributed by atoms with Gasteiger partial charge in [-0.1, -0.05) is 31.1 Å². The maximum absolute atomic E-state index is 12.3. The van der Waals surface area contributed by atoms with E-state index in [0.29, 0.717) is 30.5 Å². The molecule has 2 N–H and O–H groups in total. The molecule has 1 unspecified atom stereocenters. The fourth-order valence-corrected chi connectivity index (χ4v) is 3.29. The molecule has 0 radical (unpaired) electrons. The summed E-state index contributed by atoms with van der Waals surface area (Å²) in [5.41, 5.74) is 1.10. The highest BCUT2D eigenvalue weighted by molar-refractivity contribution is 7.89. The van der Waals surface area contributed by atoms with Crippen LogP contribution in [-0.2, 0) is 22.9 Å². The Morgan fingerprint density at radius 2 is 1.84 bits per heavy atom. The topological polar surface area (TPSA) is 97.1 Å².